The van der Waals surface area contributed by atoms with Crippen LogP contribution in [0.1, 0.15) is 47.0 Å². The molecule has 0 spiro atoms. The lowest BCUT2D eigenvalue weighted by molar-refractivity contribution is 0.212. The van der Waals surface area contributed by atoms with Gasteiger partial charge < -0.3 is 8.85 Å². The fraction of sp³-hybridized carbons (Fsp3) is 0.917. The summed E-state index contributed by atoms with van der Waals surface area (Å²) in [6.45, 7) is 10.8. The fourth-order valence-corrected chi connectivity index (χ4v) is 2.83. The Morgan fingerprint density at radius 1 is 1.06 bits per heavy atom. The van der Waals surface area contributed by atoms with Crippen molar-refractivity contribution in [1.29, 1.82) is 0 Å². The molecule has 0 rings (SSSR count). The number of aliphatic imine (C=N–C) groups is 1. The molecule has 0 saturated heterocycles. The van der Waals surface area contributed by atoms with Crippen molar-refractivity contribution >= 4 is 15.0 Å². The van der Waals surface area contributed by atoms with Crippen molar-refractivity contribution in [2.45, 2.75) is 53.0 Å². The highest BCUT2D eigenvalue weighted by Crippen LogP contribution is 2.05. The number of unbranched alkanes of at least 4 members (excludes halogenated alkanes) is 1. The van der Waals surface area contributed by atoms with Crippen LogP contribution in [0, 0.1) is 0 Å². The van der Waals surface area contributed by atoms with E-state index in [1.807, 2.05) is 13.8 Å². The molecule has 0 unspecified atom stereocenters. The van der Waals surface area contributed by atoms with Crippen molar-refractivity contribution < 1.29 is 8.85 Å². The number of rotatable bonds is 10. The lowest BCUT2D eigenvalue weighted by Crippen LogP contribution is -2.22. The summed E-state index contributed by atoms with van der Waals surface area (Å²) in [5, 5.41) is 0. The first-order valence-electron chi connectivity index (χ1n) is 6.35. The molecule has 0 aliphatic rings. The van der Waals surface area contributed by atoms with Gasteiger partial charge in [0.15, 0.2) is 0 Å². The molecule has 95 valence electrons. The quantitative estimate of drug-likeness (QED) is 0.336. The monoisotopic (exact) mass is 244 g/mol. The van der Waals surface area contributed by atoms with E-state index >= 15 is 0 Å². The van der Waals surface area contributed by atoms with Crippen LogP contribution in [0.2, 0.25) is 6.04 Å². The van der Waals surface area contributed by atoms with Gasteiger partial charge in [-0.2, -0.15) is 0 Å². The van der Waals surface area contributed by atoms with Gasteiger partial charge in [0.1, 0.15) is 0 Å². The molecule has 0 N–H and O–H groups in total. The molecule has 0 heterocycles. The molecule has 0 aromatic heterocycles. The Kier molecular flexibility index (Phi) is 11.2. The molecule has 3 nitrogen and oxygen atoms in total. The van der Waals surface area contributed by atoms with Gasteiger partial charge in [0.2, 0.25) is 0 Å². The molecule has 0 fully saturated rings. The zero-order valence-electron chi connectivity index (χ0n) is 11.2. The predicted molar refractivity (Wildman–Crippen MR) is 71.3 cm³/mol. The smallest absolute Gasteiger partial charge is 0.384 e. The van der Waals surface area contributed by atoms with E-state index in [2.05, 4.69) is 18.8 Å². The topological polar surface area (TPSA) is 30.8 Å². The van der Waals surface area contributed by atoms with E-state index in [0.29, 0.717) is 0 Å². The van der Waals surface area contributed by atoms with Crippen molar-refractivity contribution in [1.82, 2.24) is 0 Å². The maximum atomic E-state index is 5.58. The Bertz CT molecular complexity index is 180. The second-order valence-corrected chi connectivity index (χ2v) is 5.49. The fourth-order valence-electron chi connectivity index (χ4n) is 1.27. The summed E-state index contributed by atoms with van der Waals surface area (Å²) in [7, 11) is -1.00. The predicted octanol–water partition coefficient (Wildman–Crippen LogP) is 3.20. The highest BCUT2D eigenvalue weighted by molar-refractivity contribution is 6.44. The van der Waals surface area contributed by atoms with Crippen molar-refractivity contribution in [3.63, 3.8) is 0 Å². The van der Waals surface area contributed by atoms with E-state index in [1.165, 1.54) is 5.71 Å². The minimum atomic E-state index is -1.00. The molecule has 0 aliphatic carbocycles. The SMILES string of the molecule is CCO[Si](CCCCN=C(C)CC)OCC. The van der Waals surface area contributed by atoms with Crippen LogP contribution in [0.25, 0.3) is 0 Å². The van der Waals surface area contributed by atoms with Crippen LogP contribution < -0.4 is 0 Å². The zero-order valence-corrected chi connectivity index (χ0v) is 12.2. The molecule has 16 heavy (non-hydrogen) atoms. The Balaban J connectivity index is 3.53. The molecule has 0 amide bonds. The van der Waals surface area contributed by atoms with E-state index in [9.17, 15) is 0 Å². The minimum absolute atomic E-state index is 0.765. The summed E-state index contributed by atoms with van der Waals surface area (Å²) in [4.78, 5) is 4.48. The third-order valence-corrected chi connectivity index (χ3v) is 4.28. The van der Waals surface area contributed by atoms with Crippen molar-refractivity contribution in [3.05, 3.63) is 0 Å². The average Bonchev–Trinajstić information content (AvgIpc) is 2.28. The van der Waals surface area contributed by atoms with E-state index in [0.717, 1.165) is 45.1 Å². The van der Waals surface area contributed by atoms with Gasteiger partial charge in [-0.3, -0.25) is 4.99 Å². The third kappa shape index (κ3) is 9.06. The molecule has 0 bridgehead atoms. The number of nitrogens with zero attached hydrogens (tertiary/aromatic N) is 1. The summed E-state index contributed by atoms with van der Waals surface area (Å²) in [5.41, 5.74) is 1.25. The van der Waals surface area contributed by atoms with E-state index in [4.69, 9.17) is 8.85 Å². The molecular weight excluding hydrogens is 218 g/mol. The lowest BCUT2D eigenvalue weighted by Gasteiger charge is -2.12. The molecular formula is C12H26NO2Si. The summed E-state index contributed by atoms with van der Waals surface area (Å²) in [6, 6.07) is 1.08. The Hall–Kier alpha value is -0.193. The van der Waals surface area contributed by atoms with Crippen LogP contribution in [-0.4, -0.2) is 34.8 Å². The Morgan fingerprint density at radius 2 is 1.69 bits per heavy atom. The first-order valence-corrected chi connectivity index (χ1v) is 7.88. The van der Waals surface area contributed by atoms with E-state index in [-0.39, 0.29) is 0 Å². The highest BCUT2D eigenvalue weighted by atomic mass is 28.3. The largest absolute Gasteiger partial charge is 0.394 e. The molecule has 0 aromatic carbocycles. The van der Waals surface area contributed by atoms with Gasteiger partial charge in [0.05, 0.1) is 0 Å². The van der Waals surface area contributed by atoms with Gasteiger partial charge in [-0.15, -0.1) is 0 Å². The van der Waals surface area contributed by atoms with Gasteiger partial charge in [0, 0.05) is 25.5 Å². The van der Waals surface area contributed by atoms with Crippen LogP contribution in [0.5, 0.6) is 0 Å². The molecule has 4 heteroatoms. The molecule has 0 atom stereocenters. The number of hydrogen-bond donors (Lipinski definition) is 0. The van der Waals surface area contributed by atoms with E-state index in [1.54, 1.807) is 0 Å². The minimum Gasteiger partial charge on any atom is -0.394 e. The Labute approximate surface area is 102 Å². The van der Waals surface area contributed by atoms with Crippen LogP contribution in [0.3, 0.4) is 0 Å². The summed E-state index contributed by atoms with van der Waals surface area (Å²) >= 11 is 0. The van der Waals surface area contributed by atoms with Crippen LogP contribution in [-0.2, 0) is 8.85 Å². The van der Waals surface area contributed by atoms with Crippen LogP contribution in [0.15, 0.2) is 4.99 Å². The van der Waals surface area contributed by atoms with Gasteiger partial charge >= 0.3 is 9.28 Å². The second kappa shape index (κ2) is 11.3. The normalized spacial score (nSPS) is 12.4. The summed E-state index contributed by atoms with van der Waals surface area (Å²) in [5.74, 6) is 0. The highest BCUT2D eigenvalue weighted by Gasteiger charge is 2.13. The third-order valence-electron chi connectivity index (χ3n) is 2.29. The maximum absolute atomic E-state index is 5.58. The standard InChI is InChI=1S/C12H26NO2Si/c1-5-12(4)13-10-8-9-11-16(14-6-2)15-7-3/h5-11H2,1-4H3. The van der Waals surface area contributed by atoms with Crippen molar-refractivity contribution in [2.24, 2.45) is 4.99 Å². The Morgan fingerprint density at radius 3 is 2.19 bits per heavy atom. The van der Waals surface area contributed by atoms with Gasteiger partial charge in [-0.25, -0.2) is 0 Å². The van der Waals surface area contributed by atoms with E-state index < -0.39 is 9.28 Å². The summed E-state index contributed by atoms with van der Waals surface area (Å²) in [6.07, 6.45) is 3.37. The molecule has 0 aromatic rings. The van der Waals surface area contributed by atoms with Crippen molar-refractivity contribution in [2.75, 3.05) is 19.8 Å². The maximum Gasteiger partial charge on any atom is 0.384 e. The van der Waals surface area contributed by atoms with Gasteiger partial charge in [0.25, 0.3) is 0 Å². The second-order valence-electron chi connectivity index (χ2n) is 3.67. The van der Waals surface area contributed by atoms with Crippen LogP contribution in [0.4, 0.5) is 0 Å². The number of hydrogen-bond acceptors (Lipinski definition) is 3. The molecule has 0 aliphatic heterocycles. The van der Waals surface area contributed by atoms with Crippen LogP contribution >= 0.6 is 0 Å². The first kappa shape index (κ1) is 15.8. The zero-order chi connectivity index (χ0) is 12.2. The molecule has 1 radical (unpaired) electrons. The van der Waals surface area contributed by atoms with Gasteiger partial charge in [-0.05, 0) is 46.1 Å². The first-order chi connectivity index (χ1) is 7.74. The lowest BCUT2D eigenvalue weighted by atomic mass is 10.3. The summed E-state index contributed by atoms with van der Waals surface area (Å²) < 4.78 is 11.2. The molecule has 0 saturated carbocycles. The average molecular weight is 244 g/mol. The van der Waals surface area contributed by atoms with Crippen molar-refractivity contribution in [3.8, 4) is 0 Å². The van der Waals surface area contributed by atoms with Gasteiger partial charge in [-0.1, -0.05) is 6.92 Å².